The van der Waals surface area contributed by atoms with Gasteiger partial charge in [0.2, 0.25) is 0 Å². The van der Waals surface area contributed by atoms with Crippen LogP contribution in [0.2, 0.25) is 0 Å². The molecule has 1 aliphatic rings. The van der Waals surface area contributed by atoms with Crippen molar-refractivity contribution >= 4 is 37.1 Å². The standard InChI is InChI=1S/C35H30F3NO9S2/c36-35(37,38)27-13-6-10-24(18-27)20-39-17-16-26(21-39)30-19-31(29-15-7-12-25-11-4-5-14-28(25)29)33(47-49(40,41)42)34(48-50(43,44)45)32(30)46-22-23-8-2-1-3-9-23/h1-19,21,30,32-34H,20,22H2,(H,40,41,42)(H,43,44,45)/t30-,32-,33-,34+/m1/s1. The van der Waals surface area contributed by atoms with Gasteiger partial charge in [-0.1, -0.05) is 91.0 Å². The van der Waals surface area contributed by atoms with Crippen LogP contribution in [0.4, 0.5) is 13.2 Å². The lowest BCUT2D eigenvalue weighted by Crippen LogP contribution is -2.50. The minimum Gasteiger partial charge on any atom is -0.370 e. The Balaban J connectivity index is 1.51. The molecule has 1 aliphatic carbocycles. The van der Waals surface area contributed by atoms with Gasteiger partial charge >= 0.3 is 27.0 Å². The predicted molar refractivity (Wildman–Crippen MR) is 178 cm³/mol. The zero-order valence-corrected chi connectivity index (χ0v) is 27.6. The van der Waals surface area contributed by atoms with Gasteiger partial charge in [0.05, 0.1) is 18.3 Å². The number of hydrogen-bond acceptors (Lipinski definition) is 7. The van der Waals surface area contributed by atoms with Crippen molar-refractivity contribution in [3.05, 3.63) is 149 Å². The molecule has 0 bridgehead atoms. The summed E-state index contributed by atoms with van der Waals surface area (Å²) >= 11 is 0. The number of hydrogen-bond donors (Lipinski definition) is 2. The summed E-state index contributed by atoms with van der Waals surface area (Å²) in [7, 11) is -10.6. The number of rotatable bonds is 11. The van der Waals surface area contributed by atoms with Gasteiger partial charge in [0, 0.05) is 24.9 Å². The Kier molecular flexibility index (Phi) is 10.0. The molecule has 4 aromatic carbocycles. The Hall–Kier alpha value is -4.35. The highest BCUT2D eigenvalue weighted by molar-refractivity contribution is 7.81. The van der Waals surface area contributed by atoms with Gasteiger partial charge < -0.3 is 9.30 Å². The Labute approximate surface area is 286 Å². The van der Waals surface area contributed by atoms with Crippen LogP contribution >= 0.6 is 0 Å². The molecule has 6 rings (SSSR count). The second kappa shape index (κ2) is 14.1. The lowest BCUT2D eigenvalue weighted by molar-refractivity contribution is -0.137. The summed E-state index contributed by atoms with van der Waals surface area (Å²) in [6.07, 6.45) is -4.76. The molecule has 4 atom stereocenters. The van der Waals surface area contributed by atoms with Crippen LogP contribution in [0.3, 0.4) is 0 Å². The average Bonchev–Trinajstić information content (AvgIpc) is 3.51. The molecule has 15 heteroatoms. The molecule has 5 aromatic rings. The van der Waals surface area contributed by atoms with Crippen LogP contribution in [-0.4, -0.2) is 48.8 Å². The van der Waals surface area contributed by atoms with Gasteiger partial charge in [-0.3, -0.25) is 9.11 Å². The summed E-state index contributed by atoms with van der Waals surface area (Å²) in [5.74, 6) is -0.913. The molecule has 1 heterocycles. The Morgan fingerprint density at radius 3 is 2.12 bits per heavy atom. The van der Waals surface area contributed by atoms with Crippen molar-refractivity contribution in [1.82, 2.24) is 4.57 Å². The fourth-order valence-electron chi connectivity index (χ4n) is 6.20. The monoisotopic (exact) mass is 729 g/mol. The van der Waals surface area contributed by atoms with E-state index in [1.807, 2.05) is 12.1 Å². The van der Waals surface area contributed by atoms with E-state index in [-0.39, 0.29) is 18.7 Å². The Bertz CT molecular complexity index is 2230. The fraction of sp³-hybridized carbons (Fsp3) is 0.200. The van der Waals surface area contributed by atoms with Gasteiger partial charge in [0.1, 0.15) is 12.2 Å². The van der Waals surface area contributed by atoms with E-state index in [1.54, 1.807) is 95.8 Å². The van der Waals surface area contributed by atoms with E-state index in [4.69, 9.17) is 13.1 Å². The number of halogens is 3. The molecule has 262 valence electrons. The smallest absolute Gasteiger partial charge is 0.370 e. The lowest BCUT2D eigenvalue weighted by atomic mass is 9.77. The van der Waals surface area contributed by atoms with Crippen molar-refractivity contribution in [2.75, 3.05) is 0 Å². The summed E-state index contributed by atoms with van der Waals surface area (Å²) in [4.78, 5) is 0. The van der Waals surface area contributed by atoms with Crippen LogP contribution in [0.25, 0.3) is 16.3 Å². The third-order valence-electron chi connectivity index (χ3n) is 8.26. The maximum Gasteiger partial charge on any atom is 0.416 e. The number of nitrogens with zero attached hydrogens (tertiary/aromatic N) is 1. The zero-order chi connectivity index (χ0) is 35.7. The van der Waals surface area contributed by atoms with Crippen LogP contribution in [0.1, 0.15) is 33.7 Å². The minimum atomic E-state index is -5.29. The Morgan fingerprint density at radius 1 is 0.740 bits per heavy atom. The van der Waals surface area contributed by atoms with E-state index in [1.165, 1.54) is 6.07 Å². The second-order valence-corrected chi connectivity index (χ2v) is 13.8. The Morgan fingerprint density at radius 2 is 1.40 bits per heavy atom. The summed E-state index contributed by atoms with van der Waals surface area (Å²) in [6, 6.07) is 27.6. The van der Waals surface area contributed by atoms with E-state index in [0.717, 1.165) is 17.5 Å². The van der Waals surface area contributed by atoms with Gasteiger partial charge in [-0.05, 0) is 56.8 Å². The largest absolute Gasteiger partial charge is 0.416 e. The molecule has 0 radical (unpaired) electrons. The van der Waals surface area contributed by atoms with Crippen molar-refractivity contribution in [3.8, 4) is 0 Å². The van der Waals surface area contributed by atoms with Crippen molar-refractivity contribution in [2.24, 2.45) is 0 Å². The summed E-state index contributed by atoms with van der Waals surface area (Å²) in [5.41, 5.74) is 1.22. The molecule has 10 nitrogen and oxygen atoms in total. The van der Waals surface area contributed by atoms with Crippen LogP contribution in [0.15, 0.2) is 122 Å². The van der Waals surface area contributed by atoms with E-state index >= 15 is 0 Å². The molecule has 0 aliphatic heterocycles. The normalized spacial score (nSPS) is 20.1. The van der Waals surface area contributed by atoms with Crippen molar-refractivity contribution in [1.29, 1.82) is 0 Å². The fourth-order valence-corrected chi connectivity index (χ4v) is 7.17. The molecular weight excluding hydrogens is 700 g/mol. The summed E-state index contributed by atoms with van der Waals surface area (Å²) in [6.45, 7) is -0.0696. The molecule has 2 N–H and O–H groups in total. The first-order valence-electron chi connectivity index (χ1n) is 15.1. The first-order valence-corrected chi connectivity index (χ1v) is 17.9. The van der Waals surface area contributed by atoms with Gasteiger partial charge in [-0.2, -0.15) is 30.0 Å². The average molecular weight is 730 g/mol. The summed E-state index contributed by atoms with van der Waals surface area (Å²) < 4.78 is 127. The van der Waals surface area contributed by atoms with Crippen LogP contribution in [0, 0.1) is 0 Å². The number of aromatic nitrogens is 1. The maximum atomic E-state index is 13.4. The highest BCUT2D eigenvalue weighted by atomic mass is 32.3. The molecule has 0 saturated carbocycles. The van der Waals surface area contributed by atoms with Crippen molar-refractivity contribution in [2.45, 2.75) is 43.6 Å². The molecule has 1 aromatic heterocycles. The van der Waals surface area contributed by atoms with Gasteiger partial charge in [0.15, 0.2) is 0 Å². The van der Waals surface area contributed by atoms with Gasteiger partial charge in [-0.15, -0.1) is 0 Å². The first-order chi connectivity index (χ1) is 23.6. The second-order valence-electron chi connectivity index (χ2n) is 11.7. The zero-order valence-electron chi connectivity index (χ0n) is 25.9. The minimum absolute atomic E-state index is 0.0471. The third kappa shape index (κ3) is 8.50. The molecule has 0 saturated heterocycles. The highest BCUT2D eigenvalue weighted by Crippen LogP contribution is 2.43. The topological polar surface area (TPSA) is 141 Å². The number of alkyl halides is 3. The van der Waals surface area contributed by atoms with Crippen LogP contribution in [0.5, 0.6) is 0 Å². The lowest BCUT2D eigenvalue weighted by Gasteiger charge is -2.40. The maximum absolute atomic E-state index is 13.4. The van der Waals surface area contributed by atoms with Gasteiger partial charge in [0.25, 0.3) is 0 Å². The van der Waals surface area contributed by atoms with E-state index in [2.05, 4.69) is 0 Å². The first kappa shape index (κ1) is 35.5. The number of ether oxygens (including phenoxy) is 1. The number of fused-ring (bicyclic) bond motifs is 1. The van der Waals surface area contributed by atoms with Gasteiger partial charge in [-0.25, -0.2) is 8.37 Å². The molecule has 0 spiro atoms. The molecular formula is C35H30F3NO9S2. The van der Waals surface area contributed by atoms with Crippen molar-refractivity contribution < 1.29 is 52.2 Å². The highest BCUT2D eigenvalue weighted by Gasteiger charge is 2.48. The van der Waals surface area contributed by atoms with E-state index in [9.17, 15) is 39.1 Å². The predicted octanol–water partition coefficient (Wildman–Crippen LogP) is 6.85. The SMILES string of the molecule is O=S(=O)(O)O[C@H]1[C@H](OCc2ccccc2)[C@@H](c2ccn(Cc3cccc(C(F)(F)F)c3)c2)C=C(c2cccc3ccccc23)[C@H]1OS(=O)(=O)O. The summed E-state index contributed by atoms with van der Waals surface area (Å²) in [5, 5.41) is 1.37. The molecule has 50 heavy (non-hydrogen) atoms. The molecule has 0 fully saturated rings. The van der Waals surface area contributed by atoms with Crippen molar-refractivity contribution in [3.63, 3.8) is 0 Å². The molecule has 0 amide bonds. The molecule has 0 unspecified atom stereocenters. The third-order valence-corrected chi connectivity index (χ3v) is 9.18. The number of benzene rings is 4. The van der Waals surface area contributed by atoms with Crippen LogP contribution in [-0.2, 0) is 53.2 Å². The van der Waals surface area contributed by atoms with E-state index < -0.39 is 56.8 Å². The van der Waals surface area contributed by atoms with E-state index in [0.29, 0.717) is 27.6 Å². The van der Waals surface area contributed by atoms with Crippen LogP contribution < -0.4 is 0 Å². The quantitative estimate of drug-likeness (QED) is 0.140.